The van der Waals surface area contributed by atoms with E-state index in [2.05, 4.69) is 12.2 Å². The van der Waals surface area contributed by atoms with E-state index in [4.69, 9.17) is 14.2 Å². The molecule has 6 heteroatoms. The lowest BCUT2D eigenvalue weighted by Crippen LogP contribution is -2.32. The first-order valence-corrected chi connectivity index (χ1v) is 9.00. The molecule has 0 saturated carbocycles. The molecular weight excluding hydrogens is 332 g/mol. The Bertz CT molecular complexity index is 673. The van der Waals surface area contributed by atoms with Gasteiger partial charge in [-0.05, 0) is 43.0 Å². The van der Waals surface area contributed by atoms with Crippen LogP contribution in [0.3, 0.4) is 0 Å². The van der Waals surface area contributed by atoms with Gasteiger partial charge in [0, 0.05) is 13.2 Å². The van der Waals surface area contributed by atoms with Gasteiger partial charge >= 0.3 is 0 Å². The predicted molar refractivity (Wildman–Crippen MR) is 99.0 cm³/mol. The van der Waals surface area contributed by atoms with E-state index in [0.717, 1.165) is 32.3 Å². The number of benzene rings is 1. The molecule has 1 heterocycles. The fourth-order valence-electron chi connectivity index (χ4n) is 2.64. The number of carbonyl (C=O) groups is 1. The fraction of sp³-hybridized carbons (Fsp3) is 0.500. The zero-order chi connectivity index (χ0) is 18.8. The Morgan fingerprint density at radius 1 is 1.46 bits per heavy atom. The van der Waals surface area contributed by atoms with Crippen molar-refractivity contribution >= 4 is 12.0 Å². The van der Waals surface area contributed by atoms with Gasteiger partial charge in [-0.1, -0.05) is 19.4 Å². The summed E-state index contributed by atoms with van der Waals surface area (Å²) in [4.78, 5) is 12.2. The largest absolute Gasteiger partial charge is 0.493 e. The third-order valence-electron chi connectivity index (χ3n) is 4.13. The summed E-state index contributed by atoms with van der Waals surface area (Å²) < 4.78 is 16.5. The normalized spacial score (nSPS) is 16.8. The second-order valence-electron chi connectivity index (χ2n) is 6.13. The van der Waals surface area contributed by atoms with Gasteiger partial charge in [-0.3, -0.25) is 4.79 Å². The van der Waals surface area contributed by atoms with Crippen molar-refractivity contribution in [1.29, 1.82) is 5.26 Å². The Morgan fingerprint density at radius 2 is 2.31 bits per heavy atom. The fourth-order valence-corrected chi connectivity index (χ4v) is 2.64. The summed E-state index contributed by atoms with van der Waals surface area (Å²) in [6.45, 7) is 3.87. The number of nitrogens with zero attached hydrogens (tertiary/aromatic N) is 1. The molecule has 0 radical (unpaired) electrons. The van der Waals surface area contributed by atoms with Crippen molar-refractivity contribution in [3.05, 3.63) is 29.3 Å². The van der Waals surface area contributed by atoms with Crippen molar-refractivity contribution in [1.82, 2.24) is 5.32 Å². The van der Waals surface area contributed by atoms with Crippen LogP contribution in [0, 0.1) is 11.3 Å². The molecule has 1 N–H and O–H groups in total. The van der Waals surface area contributed by atoms with Gasteiger partial charge in [-0.2, -0.15) is 5.26 Å². The van der Waals surface area contributed by atoms with Crippen LogP contribution in [0.25, 0.3) is 6.08 Å². The van der Waals surface area contributed by atoms with E-state index >= 15 is 0 Å². The lowest BCUT2D eigenvalue weighted by molar-refractivity contribution is -0.117. The molecule has 0 unspecified atom stereocenters. The third kappa shape index (κ3) is 5.78. The van der Waals surface area contributed by atoms with Crippen LogP contribution in [-0.4, -0.2) is 38.9 Å². The van der Waals surface area contributed by atoms with E-state index in [1.165, 1.54) is 0 Å². The number of ether oxygens (including phenoxy) is 3. The number of unbranched alkanes of at least 4 members (excludes halogenated alkanes) is 1. The summed E-state index contributed by atoms with van der Waals surface area (Å²) in [5, 5.41) is 12.1. The summed E-state index contributed by atoms with van der Waals surface area (Å²) in [6.07, 6.45) is 5.54. The van der Waals surface area contributed by atoms with Crippen LogP contribution in [0.2, 0.25) is 0 Å². The van der Waals surface area contributed by atoms with Crippen molar-refractivity contribution in [2.24, 2.45) is 0 Å². The molecule has 6 nitrogen and oxygen atoms in total. The van der Waals surface area contributed by atoms with Gasteiger partial charge in [-0.25, -0.2) is 0 Å². The first-order chi connectivity index (χ1) is 12.7. The topological polar surface area (TPSA) is 80.6 Å². The maximum absolute atomic E-state index is 12.2. The monoisotopic (exact) mass is 358 g/mol. The van der Waals surface area contributed by atoms with E-state index in [0.29, 0.717) is 30.2 Å². The highest BCUT2D eigenvalue weighted by molar-refractivity contribution is 6.01. The maximum atomic E-state index is 12.2. The van der Waals surface area contributed by atoms with Crippen molar-refractivity contribution in [2.75, 3.05) is 26.9 Å². The van der Waals surface area contributed by atoms with Gasteiger partial charge in [0.2, 0.25) is 0 Å². The van der Waals surface area contributed by atoms with E-state index < -0.39 is 5.91 Å². The Balaban J connectivity index is 2.04. The van der Waals surface area contributed by atoms with Gasteiger partial charge < -0.3 is 19.5 Å². The molecule has 1 atom stereocenters. The van der Waals surface area contributed by atoms with E-state index in [1.54, 1.807) is 31.4 Å². The Kier molecular flexibility index (Phi) is 7.97. The number of rotatable bonds is 9. The van der Waals surface area contributed by atoms with Crippen LogP contribution in [-0.2, 0) is 9.53 Å². The average molecular weight is 358 g/mol. The summed E-state index contributed by atoms with van der Waals surface area (Å²) in [5.74, 6) is 0.830. The standard InChI is InChI=1S/C20H26N2O4/c1-3-4-9-26-18-8-7-15(12-19(18)24-2)11-16(13-21)20(23)22-14-17-6-5-10-25-17/h7-8,11-12,17H,3-6,9-10,14H2,1-2H3,(H,22,23)/b16-11-/t17-/m0/s1. The van der Waals surface area contributed by atoms with Crippen LogP contribution in [0.5, 0.6) is 11.5 Å². The highest BCUT2D eigenvalue weighted by Gasteiger charge is 2.17. The summed E-state index contributed by atoms with van der Waals surface area (Å²) in [6, 6.07) is 7.30. The van der Waals surface area contributed by atoms with Crippen molar-refractivity contribution < 1.29 is 19.0 Å². The summed E-state index contributed by atoms with van der Waals surface area (Å²) in [7, 11) is 1.56. The number of amides is 1. The smallest absolute Gasteiger partial charge is 0.262 e. The molecule has 0 bridgehead atoms. The van der Waals surface area contributed by atoms with Crippen LogP contribution in [0.1, 0.15) is 38.2 Å². The van der Waals surface area contributed by atoms with Crippen molar-refractivity contribution in [3.8, 4) is 17.6 Å². The van der Waals surface area contributed by atoms with E-state index in [1.807, 2.05) is 6.07 Å². The molecular formula is C20H26N2O4. The SMILES string of the molecule is CCCCOc1ccc(/C=C(/C#N)C(=O)NC[C@@H]2CCCO2)cc1OC. The second-order valence-corrected chi connectivity index (χ2v) is 6.13. The third-order valence-corrected chi connectivity index (χ3v) is 4.13. The molecule has 1 aromatic rings. The molecule has 26 heavy (non-hydrogen) atoms. The molecule has 1 amide bonds. The second kappa shape index (κ2) is 10.5. The van der Waals surface area contributed by atoms with Crippen molar-refractivity contribution in [2.45, 2.75) is 38.7 Å². The lowest BCUT2D eigenvalue weighted by atomic mass is 10.1. The minimum Gasteiger partial charge on any atom is -0.493 e. The van der Waals surface area contributed by atoms with Crippen LogP contribution in [0.4, 0.5) is 0 Å². The van der Waals surface area contributed by atoms with Crippen molar-refractivity contribution in [3.63, 3.8) is 0 Å². The zero-order valence-electron chi connectivity index (χ0n) is 15.4. The minimum absolute atomic E-state index is 0.0403. The Hall–Kier alpha value is -2.52. The summed E-state index contributed by atoms with van der Waals surface area (Å²) >= 11 is 0. The van der Waals surface area contributed by atoms with Crippen LogP contribution in [0.15, 0.2) is 23.8 Å². The summed E-state index contributed by atoms with van der Waals surface area (Å²) in [5.41, 5.74) is 0.748. The van der Waals surface area contributed by atoms with E-state index in [9.17, 15) is 10.1 Å². The van der Waals surface area contributed by atoms with Crippen LogP contribution < -0.4 is 14.8 Å². The van der Waals surface area contributed by atoms with Gasteiger partial charge in [0.05, 0.1) is 19.8 Å². The molecule has 1 saturated heterocycles. The molecule has 0 aliphatic carbocycles. The number of methoxy groups -OCH3 is 1. The highest BCUT2D eigenvalue weighted by Crippen LogP contribution is 2.29. The average Bonchev–Trinajstić information content (AvgIpc) is 3.18. The first-order valence-electron chi connectivity index (χ1n) is 9.00. The molecule has 2 rings (SSSR count). The van der Waals surface area contributed by atoms with E-state index in [-0.39, 0.29) is 11.7 Å². The van der Waals surface area contributed by atoms with Crippen LogP contribution >= 0.6 is 0 Å². The van der Waals surface area contributed by atoms with Gasteiger partial charge in [-0.15, -0.1) is 0 Å². The molecule has 0 aromatic heterocycles. The quantitative estimate of drug-likeness (QED) is 0.417. The molecule has 1 fully saturated rings. The number of carbonyl (C=O) groups excluding carboxylic acids is 1. The zero-order valence-corrected chi connectivity index (χ0v) is 15.4. The highest BCUT2D eigenvalue weighted by atomic mass is 16.5. The molecule has 0 spiro atoms. The number of hydrogen-bond donors (Lipinski definition) is 1. The Labute approximate surface area is 154 Å². The minimum atomic E-state index is -0.398. The number of nitrogens with one attached hydrogen (secondary N) is 1. The maximum Gasteiger partial charge on any atom is 0.262 e. The lowest BCUT2D eigenvalue weighted by Gasteiger charge is -2.12. The Morgan fingerprint density at radius 3 is 2.96 bits per heavy atom. The van der Waals surface area contributed by atoms with Gasteiger partial charge in [0.1, 0.15) is 11.6 Å². The molecule has 1 aromatic carbocycles. The van der Waals surface area contributed by atoms with Gasteiger partial charge in [0.15, 0.2) is 11.5 Å². The first kappa shape index (κ1) is 19.8. The predicted octanol–water partition coefficient (Wildman–Crippen LogP) is 3.08. The number of hydrogen-bond acceptors (Lipinski definition) is 5. The molecule has 1 aliphatic rings. The molecule has 140 valence electrons. The molecule has 1 aliphatic heterocycles. The number of nitriles is 1. The van der Waals surface area contributed by atoms with Gasteiger partial charge in [0.25, 0.3) is 5.91 Å².